The number of aromatic nitrogens is 1. The van der Waals surface area contributed by atoms with E-state index in [1.165, 1.54) is 24.5 Å². The number of fused-ring (bicyclic) bond motifs is 2. The minimum absolute atomic E-state index is 0.136. The summed E-state index contributed by atoms with van der Waals surface area (Å²) in [5, 5.41) is 3.54. The van der Waals surface area contributed by atoms with E-state index in [9.17, 15) is 14.4 Å². The van der Waals surface area contributed by atoms with E-state index in [1.54, 1.807) is 25.1 Å². The van der Waals surface area contributed by atoms with Gasteiger partial charge in [-0.05, 0) is 31.9 Å². The van der Waals surface area contributed by atoms with Crippen LogP contribution in [0.1, 0.15) is 40.2 Å². The fraction of sp³-hybridized carbons (Fsp3) is 0.300. The smallest absolute Gasteiger partial charge is 0.349 e. The first kappa shape index (κ1) is 19.1. The summed E-state index contributed by atoms with van der Waals surface area (Å²) >= 11 is 1.30. The van der Waals surface area contributed by atoms with Crippen molar-refractivity contribution >= 4 is 39.3 Å². The summed E-state index contributed by atoms with van der Waals surface area (Å²) in [4.78, 5) is 42.4. The van der Waals surface area contributed by atoms with Crippen LogP contribution in [-0.2, 0) is 16.0 Å². The van der Waals surface area contributed by atoms with Crippen LogP contribution in [0.25, 0.3) is 11.0 Å². The van der Waals surface area contributed by atoms with Crippen molar-refractivity contribution in [3.8, 4) is 5.75 Å². The molecule has 1 aliphatic rings. The molecule has 1 N–H and O–H groups in total. The summed E-state index contributed by atoms with van der Waals surface area (Å²) in [5.74, 6) is -0.930. The first-order chi connectivity index (χ1) is 14.0. The van der Waals surface area contributed by atoms with E-state index < -0.39 is 17.5 Å². The Balaban J connectivity index is 1.60. The van der Waals surface area contributed by atoms with E-state index in [2.05, 4.69) is 10.3 Å². The second-order valence-electron chi connectivity index (χ2n) is 6.45. The maximum absolute atomic E-state index is 12.7. The number of hydrogen-bond acceptors (Lipinski definition) is 8. The lowest BCUT2D eigenvalue weighted by molar-refractivity contribution is -0.145. The van der Waals surface area contributed by atoms with Crippen LogP contribution >= 0.6 is 11.3 Å². The Morgan fingerprint density at radius 2 is 2.21 bits per heavy atom. The summed E-state index contributed by atoms with van der Waals surface area (Å²) in [7, 11) is 1.47. The molecule has 1 aromatic carbocycles. The molecule has 29 heavy (non-hydrogen) atoms. The third-order valence-corrected chi connectivity index (χ3v) is 5.74. The number of rotatable bonds is 5. The zero-order valence-electron chi connectivity index (χ0n) is 15.8. The number of carbonyl (C=O) groups is 2. The predicted molar refractivity (Wildman–Crippen MR) is 107 cm³/mol. The zero-order valence-corrected chi connectivity index (χ0v) is 16.6. The Morgan fingerprint density at radius 1 is 1.38 bits per heavy atom. The number of carbonyl (C=O) groups excluding carboxylic acids is 2. The normalized spacial score (nSPS) is 15.2. The summed E-state index contributed by atoms with van der Waals surface area (Å²) in [6.07, 6.45) is 1.35. The van der Waals surface area contributed by atoms with E-state index in [0.717, 1.165) is 4.88 Å². The number of amides is 1. The van der Waals surface area contributed by atoms with Gasteiger partial charge in [-0.2, -0.15) is 0 Å². The van der Waals surface area contributed by atoms with Gasteiger partial charge >= 0.3 is 11.6 Å². The molecule has 0 aliphatic heterocycles. The number of ether oxygens (including phenoxy) is 2. The Kier molecular flexibility index (Phi) is 5.06. The maximum Gasteiger partial charge on any atom is 0.349 e. The largest absolute Gasteiger partial charge is 0.493 e. The number of aryl methyl sites for hydroxylation is 1. The van der Waals surface area contributed by atoms with Gasteiger partial charge in [0.25, 0.3) is 5.91 Å². The number of thiazole rings is 1. The average Bonchev–Trinajstić information content (AvgIpc) is 3.27. The lowest BCUT2D eigenvalue weighted by Gasteiger charge is -2.08. The van der Waals surface area contributed by atoms with Crippen LogP contribution in [-0.4, -0.2) is 30.6 Å². The van der Waals surface area contributed by atoms with Crippen LogP contribution in [0, 0.1) is 0 Å². The minimum Gasteiger partial charge on any atom is -0.493 e. The molecule has 1 unspecified atom stereocenters. The maximum atomic E-state index is 12.7. The quantitative estimate of drug-likeness (QED) is 0.505. The van der Waals surface area contributed by atoms with Crippen LogP contribution < -0.4 is 15.7 Å². The van der Waals surface area contributed by atoms with Crippen molar-refractivity contribution in [3.05, 3.63) is 50.8 Å². The first-order valence-corrected chi connectivity index (χ1v) is 9.92. The molecule has 1 aliphatic carbocycles. The molecular weight excluding hydrogens is 396 g/mol. The van der Waals surface area contributed by atoms with Gasteiger partial charge in [-0.1, -0.05) is 12.1 Å². The van der Waals surface area contributed by atoms with Gasteiger partial charge in [0.05, 0.1) is 19.4 Å². The third kappa shape index (κ3) is 3.49. The Morgan fingerprint density at radius 3 is 2.97 bits per heavy atom. The molecular formula is C20H18N2O6S. The van der Waals surface area contributed by atoms with Gasteiger partial charge in [0.15, 0.2) is 16.5 Å². The average molecular weight is 414 g/mol. The van der Waals surface area contributed by atoms with Crippen molar-refractivity contribution < 1.29 is 23.5 Å². The van der Waals surface area contributed by atoms with Gasteiger partial charge < -0.3 is 13.9 Å². The SMILES string of the molecule is CCOC(=O)C1CCc2sc(NC(=O)c3cc4cccc(OC)c4oc3=O)nc21. The van der Waals surface area contributed by atoms with E-state index in [0.29, 0.717) is 41.4 Å². The molecule has 1 atom stereocenters. The number of nitrogens with one attached hydrogen (secondary N) is 1. The molecule has 0 fully saturated rings. The number of benzene rings is 1. The molecule has 0 radical (unpaired) electrons. The van der Waals surface area contributed by atoms with Gasteiger partial charge in [0.1, 0.15) is 11.5 Å². The highest BCUT2D eigenvalue weighted by molar-refractivity contribution is 7.16. The number of nitrogens with zero attached hydrogens (tertiary/aromatic N) is 1. The van der Waals surface area contributed by atoms with Gasteiger partial charge in [-0.3, -0.25) is 14.9 Å². The Bertz CT molecular complexity index is 1170. The molecule has 9 heteroatoms. The molecule has 0 spiro atoms. The zero-order chi connectivity index (χ0) is 20.5. The second kappa shape index (κ2) is 7.67. The highest BCUT2D eigenvalue weighted by atomic mass is 32.1. The lowest BCUT2D eigenvalue weighted by Crippen LogP contribution is -2.21. The summed E-state index contributed by atoms with van der Waals surface area (Å²) < 4.78 is 15.6. The standard InChI is InChI=1S/C20H18N2O6S/c1-3-27-18(24)11-7-8-14-15(11)21-20(29-14)22-17(23)12-9-10-5-4-6-13(26-2)16(10)28-19(12)25/h4-6,9,11H,3,7-8H2,1-2H3,(H,21,22,23). The second-order valence-corrected chi connectivity index (χ2v) is 7.53. The summed E-state index contributed by atoms with van der Waals surface area (Å²) in [6, 6.07) is 6.59. The van der Waals surface area contributed by atoms with Crippen LogP contribution in [0.3, 0.4) is 0 Å². The fourth-order valence-electron chi connectivity index (χ4n) is 3.35. The van der Waals surface area contributed by atoms with Crippen molar-refractivity contribution in [1.82, 2.24) is 4.98 Å². The molecule has 8 nitrogen and oxygen atoms in total. The molecule has 0 saturated heterocycles. The third-order valence-electron chi connectivity index (χ3n) is 4.70. The number of esters is 1. The molecule has 2 aromatic heterocycles. The topological polar surface area (TPSA) is 108 Å². The van der Waals surface area contributed by atoms with Crippen molar-refractivity contribution in [1.29, 1.82) is 0 Å². The molecule has 0 saturated carbocycles. The highest BCUT2D eigenvalue weighted by Crippen LogP contribution is 2.39. The molecule has 0 bridgehead atoms. The summed E-state index contributed by atoms with van der Waals surface area (Å²) in [6.45, 7) is 2.06. The van der Waals surface area contributed by atoms with E-state index in [4.69, 9.17) is 13.9 Å². The molecule has 2 heterocycles. The van der Waals surface area contributed by atoms with Crippen LogP contribution in [0.2, 0.25) is 0 Å². The number of anilines is 1. The number of para-hydroxylation sites is 1. The predicted octanol–water partition coefficient (Wildman–Crippen LogP) is 3.10. The monoisotopic (exact) mass is 414 g/mol. The molecule has 3 aromatic rings. The summed E-state index contributed by atoms with van der Waals surface area (Å²) in [5.41, 5.74) is 0.0112. The fourth-order valence-corrected chi connectivity index (χ4v) is 4.39. The first-order valence-electron chi connectivity index (χ1n) is 9.10. The highest BCUT2D eigenvalue weighted by Gasteiger charge is 2.34. The Labute approximate surface area is 169 Å². The lowest BCUT2D eigenvalue weighted by atomic mass is 10.1. The molecule has 1 amide bonds. The van der Waals surface area contributed by atoms with E-state index >= 15 is 0 Å². The van der Waals surface area contributed by atoms with Crippen molar-refractivity contribution in [2.45, 2.75) is 25.7 Å². The van der Waals surface area contributed by atoms with Gasteiger partial charge in [0.2, 0.25) is 0 Å². The Hall–Kier alpha value is -3.20. The van der Waals surface area contributed by atoms with Crippen molar-refractivity contribution in [2.75, 3.05) is 19.0 Å². The van der Waals surface area contributed by atoms with Crippen LogP contribution in [0.5, 0.6) is 5.75 Å². The molecule has 150 valence electrons. The minimum atomic E-state index is -0.770. The van der Waals surface area contributed by atoms with E-state index in [1.807, 2.05) is 0 Å². The van der Waals surface area contributed by atoms with Crippen molar-refractivity contribution in [2.24, 2.45) is 0 Å². The van der Waals surface area contributed by atoms with E-state index in [-0.39, 0.29) is 17.1 Å². The van der Waals surface area contributed by atoms with Crippen LogP contribution in [0.4, 0.5) is 5.13 Å². The van der Waals surface area contributed by atoms with Gasteiger partial charge in [-0.25, -0.2) is 9.78 Å². The number of hydrogen-bond donors (Lipinski definition) is 1. The van der Waals surface area contributed by atoms with Crippen LogP contribution in [0.15, 0.2) is 33.5 Å². The molecule has 4 rings (SSSR count). The van der Waals surface area contributed by atoms with Gasteiger partial charge in [0, 0.05) is 10.3 Å². The number of methoxy groups -OCH3 is 1. The van der Waals surface area contributed by atoms with Gasteiger partial charge in [-0.15, -0.1) is 11.3 Å². The van der Waals surface area contributed by atoms with Crippen molar-refractivity contribution in [3.63, 3.8) is 0 Å².